The molecule has 1 heterocycles. The maximum atomic E-state index is 13.4. The second-order valence-corrected chi connectivity index (χ2v) is 8.55. The Hall–Kier alpha value is -3.68. The molecule has 180 valence electrons. The van der Waals surface area contributed by atoms with Gasteiger partial charge in [0.25, 0.3) is 11.8 Å². The van der Waals surface area contributed by atoms with Crippen molar-refractivity contribution in [1.29, 1.82) is 0 Å². The number of nitrogens with zero attached hydrogens (tertiary/aromatic N) is 2. The van der Waals surface area contributed by atoms with E-state index < -0.39 is 12.0 Å². The molecule has 0 aliphatic carbocycles. The van der Waals surface area contributed by atoms with Gasteiger partial charge in [0.15, 0.2) is 0 Å². The number of benzene rings is 3. The van der Waals surface area contributed by atoms with Gasteiger partial charge in [-0.2, -0.15) is 0 Å². The lowest BCUT2D eigenvalue weighted by atomic mass is 10.0. The average molecular weight is 492 g/mol. The van der Waals surface area contributed by atoms with Crippen LogP contribution in [0.5, 0.6) is 0 Å². The first-order chi connectivity index (χ1) is 17.0. The highest BCUT2D eigenvalue weighted by atomic mass is 35.5. The van der Waals surface area contributed by atoms with Gasteiger partial charge in [0.05, 0.1) is 18.4 Å². The first-order valence-corrected chi connectivity index (χ1v) is 11.7. The molecule has 1 aliphatic rings. The van der Waals surface area contributed by atoms with Gasteiger partial charge in [0.2, 0.25) is 0 Å². The fraction of sp³-hybridized carbons (Fsp3) is 0.222. The molecule has 2 amide bonds. The summed E-state index contributed by atoms with van der Waals surface area (Å²) in [7, 11) is 1.35. The number of piperazine rings is 1. The number of carbonyl (C=O) groups is 3. The first-order valence-electron chi connectivity index (χ1n) is 11.3. The molecule has 1 fully saturated rings. The monoisotopic (exact) mass is 491 g/mol. The summed E-state index contributed by atoms with van der Waals surface area (Å²) in [5.74, 6) is -0.857. The summed E-state index contributed by atoms with van der Waals surface area (Å²) in [6, 6.07) is 22.4. The van der Waals surface area contributed by atoms with Gasteiger partial charge in [-0.05, 0) is 35.9 Å². The molecule has 8 heteroatoms. The minimum atomic E-state index is -0.650. The van der Waals surface area contributed by atoms with Gasteiger partial charge in [0, 0.05) is 36.8 Å². The van der Waals surface area contributed by atoms with E-state index in [1.807, 2.05) is 29.2 Å². The average Bonchev–Trinajstić information content (AvgIpc) is 2.90. The maximum Gasteiger partial charge on any atom is 0.327 e. The number of anilines is 1. The van der Waals surface area contributed by atoms with Gasteiger partial charge in [-0.15, -0.1) is 0 Å². The highest BCUT2D eigenvalue weighted by molar-refractivity contribution is 6.31. The van der Waals surface area contributed by atoms with Crippen molar-refractivity contribution in [2.75, 3.05) is 38.6 Å². The summed E-state index contributed by atoms with van der Waals surface area (Å²) in [6.45, 7) is 1.76. The number of ether oxygens (including phenoxy) is 1. The molecule has 35 heavy (non-hydrogen) atoms. The van der Waals surface area contributed by atoms with Crippen LogP contribution in [0.2, 0.25) is 5.02 Å². The molecule has 0 spiro atoms. The van der Waals surface area contributed by atoms with Crippen LogP contribution in [0, 0.1) is 0 Å². The molecule has 0 radical (unpaired) electrons. The molecule has 7 nitrogen and oxygen atoms in total. The zero-order valence-electron chi connectivity index (χ0n) is 19.3. The Balaban J connectivity index is 1.47. The van der Waals surface area contributed by atoms with Crippen molar-refractivity contribution >= 4 is 35.1 Å². The van der Waals surface area contributed by atoms with E-state index in [1.165, 1.54) is 7.11 Å². The highest BCUT2D eigenvalue weighted by Gasteiger charge is 2.34. The fourth-order valence-corrected chi connectivity index (χ4v) is 4.44. The fourth-order valence-electron chi connectivity index (χ4n) is 4.20. The number of esters is 1. The Kier molecular flexibility index (Phi) is 7.80. The molecule has 1 unspecified atom stereocenters. The minimum Gasteiger partial charge on any atom is -0.468 e. The number of hydrogen-bond donors (Lipinski definition) is 1. The molecule has 3 aromatic rings. The number of carbonyl (C=O) groups excluding carboxylic acids is 3. The van der Waals surface area contributed by atoms with Gasteiger partial charge in [-0.25, -0.2) is 4.79 Å². The van der Waals surface area contributed by atoms with Crippen LogP contribution in [0.25, 0.3) is 0 Å². The molecule has 1 atom stereocenters. The Morgan fingerprint density at radius 2 is 1.49 bits per heavy atom. The number of halogens is 1. The molecular weight excluding hydrogens is 466 g/mol. The van der Waals surface area contributed by atoms with E-state index in [9.17, 15) is 14.4 Å². The predicted octanol–water partition coefficient (Wildman–Crippen LogP) is 4.26. The number of nitrogens with one attached hydrogen (secondary N) is 1. The predicted molar refractivity (Wildman–Crippen MR) is 135 cm³/mol. The number of methoxy groups -OCH3 is 1. The van der Waals surface area contributed by atoms with E-state index in [2.05, 4.69) is 5.32 Å². The van der Waals surface area contributed by atoms with Crippen molar-refractivity contribution in [1.82, 2.24) is 9.80 Å². The second kappa shape index (κ2) is 11.2. The normalized spacial score (nSPS) is 14.7. The van der Waals surface area contributed by atoms with Crippen LogP contribution >= 0.6 is 11.6 Å². The molecule has 0 bridgehead atoms. The molecule has 3 aromatic carbocycles. The van der Waals surface area contributed by atoms with Gasteiger partial charge in [0.1, 0.15) is 6.04 Å². The third-order valence-electron chi connectivity index (χ3n) is 6.03. The van der Waals surface area contributed by atoms with Crippen LogP contribution in [0.15, 0.2) is 78.9 Å². The summed E-state index contributed by atoms with van der Waals surface area (Å²) in [5, 5.41) is 3.34. The van der Waals surface area contributed by atoms with Crippen molar-refractivity contribution in [3.63, 3.8) is 0 Å². The molecule has 4 rings (SSSR count). The third-order valence-corrected chi connectivity index (χ3v) is 6.38. The Morgan fingerprint density at radius 3 is 2.17 bits per heavy atom. The van der Waals surface area contributed by atoms with Gasteiger partial charge in [-0.3, -0.25) is 14.5 Å². The second-order valence-electron chi connectivity index (χ2n) is 8.14. The quantitative estimate of drug-likeness (QED) is 0.521. The number of amides is 2. The van der Waals surface area contributed by atoms with Gasteiger partial charge in [-0.1, -0.05) is 60.1 Å². The molecule has 0 saturated carbocycles. The number of para-hydroxylation sites is 1. The van der Waals surface area contributed by atoms with Crippen LogP contribution in [0.1, 0.15) is 32.3 Å². The van der Waals surface area contributed by atoms with Crippen molar-refractivity contribution < 1.29 is 19.1 Å². The minimum absolute atomic E-state index is 0.180. The largest absolute Gasteiger partial charge is 0.468 e. The zero-order valence-corrected chi connectivity index (χ0v) is 20.1. The van der Waals surface area contributed by atoms with Crippen molar-refractivity contribution in [2.24, 2.45) is 0 Å². The highest BCUT2D eigenvalue weighted by Crippen LogP contribution is 2.30. The Morgan fingerprint density at radius 1 is 0.857 bits per heavy atom. The molecule has 1 saturated heterocycles. The Bertz CT molecular complexity index is 1210. The summed E-state index contributed by atoms with van der Waals surface area (Å²) < 4.78 is 5.05. The van der Waals surface area contributed by atoms with Crippen LogP contribution in [-0.4, -0.2) is 60.9 Å². The van der Waals surface area contributed by atoms with E-state index in [1.54, 1.807) is 59.5 Å². The van der Waals surface area contributed by atoms with E-state index in [0.29, 0.717) is 53.6 Å². The van der Waals surface area contributed by atoms with Crippen LogP contribution in [0.4, 0.5) is 5.69 Å². The van der Waals surface area contributed by atoms with E-state index >= 15 is 0 Å². The number of hydrogen-bond acceptors (Lipinski definition) is 5. The van der Waals surface area contributed by atoms with Crippen LogP contribution in [0.3, 0.4) is 0 Å². The summed E-state index contributed by atoms with van der Waals surface area (Å²) in [4.78, 5) is 42.3. The molecule has 1 N–H and O–H groups in total. The molecular formula is C27H26ClN3O4. The van der Waals surface area contributed by atoms with E-state index in [4.69, 9.17) is 16.3 Å². The third kappa shape index (κ3) is 5.53. The lowest BCUT2D eigenvalue weighted by Gasteiger charge is -2.38. The number of rotatable bonds is 6. The summed E-state index contributed by atoms with van der Waals surface area (Å²) in [6.07, 6.45) is 0. The van der Waals surface area contributed by atoms with Gasteiger partial charge < -0.3 is 15.0 Å². The molecule has 0 aromatic heterocycles. The Labute approximate surface area is 209 Å². The van der Waals surface area contributed by atoms with Crippen molar-refractivity contribution in [2.45, 2.75) is 6.04 Å². The van der Waals surface area contributed by atoms with Crippen LogP contribution < -0.4 is 5.32 Å². The summed E-state index contributed by atoms with van der Waals surface area (Å²) >= 11 is 6.37. The standard InChI is InChI=1S/C27H26ClN3O4/c1-35-27(34)24(20-11-5-7-13-22(20)28)30-15-17-31(18-16-30)26(33)21-12-6-8-14-23(21)29-25(32)19-9-3-2-4-10-19/h2-14,24H,15-18H2,1H3,(H,29,32). The van der Waals surface area contributed by atoms with E-state index in [0.717, 1.165) is 0 Å². The zero-order chi connectivity index (χ0) is 24.8. The van der Waals surface area contributed by atoms with Crippen LogP contribution in [-0.2, 0) is 9.53 Å². The lowest BCUT2D eigenvalue weighted by molar-refractivity contribution is -0.148. The van der Waals surface area contributed by atoms with E-state index in [-0.39, 0.29) is 11.8 Å². The summed E-state index contributed by atoms with van der Waals surface area (Å²) in [5.41, 5.74) is 2.06. The lowest BCUT2D eigenvalue weighted by Crippen LogP contribution is -2.51. The van der Waals surface area contributed by atoms with Gasteiger partial charge >= 0.3 is 5.97 Å². The first kappa shape index (κ1) is 24.4. The molecule has 1 aliphatic heterocycles. The smallest absolute Gasteiger partial charge is 0.327 e. The topological polar surface area (TPSA) is 79.0 Å². The SMILES string of the molecule is COC(=O)C(c1ccccc1Cl)N1CCN(C(=O)c2ccccc2NC(=O)c2ccccc2)CC1. The maximum absolute atomic E-state index is 13.4. The van der Waals surface area contributed by atoms with Crippen molar-refractivity contribution in [3.05, 3.63) is 101 Å². The van der Waals surface area contributed by atoms with Crippen molar-refractivity contribution in [3.8, 4) is 0 Å².